The number of para-hydroxylation sites is 1. The normalized spacial score (nSPS) is 12.8. The second-order valence-corrected chi connectivity index (χ2v) is 5.31. The van der Waals surface area contributed by atoms with E-state index in [4.69, 9.17) is 0 Å². The van der Waals surface area contributed by atoms with Crippen LogP contribution in [0.2, 0.25) is 0 Å². The number of methoxy groups -OCH3 is 1. The Bertz CT molecular complexity index is 742. The molecule has 2 aromatic rings. The van der Waals surface area contributed by atoms with Gasteiger partial charge in [-0.3, -0.25) is 4.79 Å². The number of carbonyl (C=O) groups excluding carboxylic acids is 2. The number of esters is 1. The van der Waals surface area contributed by atoms with Gasteiger partial charge in [-0.15, -0.1) is 0 Å². The second-order valence-electron chi connectivity index (χ2n) is 5.31. The van der Waals surface area contributed by atoms with Gasteiger partial charge in [-0.2, -0.15) is 13.2 Å². The molecule has 0 radical (unpaired) electrons. The summed E-state index contributed by atoms with van der Waals surface area (Å²) in [6.07, 6.45) is -2.69. The van der Waals surface area contributed by atoms with Gasteiger partial charge in [0.05, 0.1) is 7.11 Å². The average molecular weight is 358 g/mol. The summed E-state index contributed by atoms with van der Waals surface area (Å²) in [6, 6.07) is 6.35. The SMILES string of the molecule is COC(=O)[C@@H](Cc1c[nH]c2ccccc12)NC(=O)COCC(F)(F)F. The standard InChI is InChI=1S/C16H17F3N2O4/c1-24-15(23)13(21-14(22)8-25-9-16(17,18)19)6-10-7-20-12-5-3-2-4-11(10)12/h2-5,7,13,20H,6,8-9H2,1H3,(H,21,22)/t13-/m1/s1. The number of ether oxygens (including phenoxy) is 2. The molecule has 1 aromatic heterocycles. The van der Waals surface area contributed by atoms with Crippen molar-refractivity contribution in [1.29, 1.82) is 0 Å². The lowest BCUT2D eigenvalue weighted by atomic mass is 10.0. The van der Waals surface area contributed by atoms with E-state index in [2.05, 4.69) is 19.8 Å². The Hall–Kier alpha value is -2.55. The molecule has 1 heterocycles. The molecule has 0 bridgehead atoms. The molecule has 1 atom stereocenters. The van der Waals surface area contributed by atoms with E-state index in [0.717, 1.165) is 23.6 Å². The number of halogens is 3. The highest BCUT2D eigenvalue weighted by atomic mass is 19.4. The van der Waals surface area contributed by atoms with E-state index in [1.54, 1.807) is 6.20 Å². The maximum Gasteiger partial charge on any atom is 0.411 e. The molecule has 2 rings (SSSR count). The van der Waals surface area contributed by atoms with Crippen molar-refractivity contribution in [3.8, 4) is 0 Å². The molecule has 0 spiro atoms. The molecule has 0 saturated carbocycles. The lowest BCUT2D eigenvalue weighted by molar-refractivity contribution is -0.176. The summed E-state index contributed by atoms with van der Waals surface area (Å²) in [5.74, 6) is -1.53. The Morgan fingerprint density at radius 1 is 1.28 bits per heavy atom. The lowest BCUT2D eigenvalue weighted by Gasteiger charge is -2.16. The third-order valence-corrected chi connectivity index (χ3v) is 3.42. The molecule has 0 aliphatic rings. The maximum atomic E-state index is 12.0. The van der Waals surface area contributed by atoms with Gasteiger partial charge in [0.25, 0.3) is 0 Å². The summed E-state index contributed by atoms with van der Waals surface area (Å²) in [6.45, 7) is -2.34. The smallest absolute Gasteiger partial charge is 0.411 e. The Balaban J connectivity index is 2.01. The first-order valence-corrected chi connectivity index (χ1v) is 7.37. The third-order valence-electron chi connectivity index (χ3n) is 3.42. The van der Waals surface area contributed by atoms with Crippen molar-refractivity contribution in [3.63, 3.8) is 0 Å². The molecule has 0 aliphatic carbocycles. The number of aromatic amines is 1. The molecule has 1 amide bonds. The number of rotatable bonds is 7. The van der Waals surface area contributed by atoms with Gasteiger partial charge < -0.3 is 19.8 Å². The van der Waals surface area contributed by atoms with Crippen molar-refractivity contribution in [2.75, 3.05) is 20.3 Å². The van der Waals surface area contributed by atoms with Gasteiger partial charge >= 0.3 is 12.1 Å². The number of aromatic nitrogens is 1. The molecule has 6 nitrogen and oxygen atoms in total. The van der Waals surface area contributed by atoms with Crippen LogP contribution in [-0.4, -0.2) is 49.4 Å². The van der Waals surface area contributed by atoms with Crippen LogP contribution in [0.25, 0.3) is 10.9 Å². The van der Waals surface area contributed by atoms with Gasteiger partial charge in [0.2, 0.25) is 5.91 Å². The van der Waals surface area contributed by atoms with Crippen molar-refractivity contribution in [2.24, 2.45) is 0 Å². The summed E-state index contributed by atoms with van der Waals surface area (Å²) in [7, 11) is 1.16. The van der Waals surface area contributed by atoms with Crippen molar-refractivity contribution < 1.29 is 32.2 Å². The lowest BCUT2D eigenvalue weighted by Crippen LogP contribution is -2.44. The summed E-state index contributed by atoms with van der Waals surface area (Å²) in [5.41, 5.74) is 1.63. The number of amides is 1. The van der Waals surface area contributed by atoms with Crippen LogP contribution in [0.3, 0.4) is 0 Å². The van der Waals surface area contributed by atoms with Crippen LogP contribution >= 0.6 is 0 Å². The second kappa shape index (κ2) is 8.02. The van der Waals surface area contributed by atoms with Crippen molar-refractivity contribution in [3.05, 3.63) is 36.0 Å². The van der Waals surface area contributed by atoms with E-state index in [-0.39, 0.29) is 6.42 Å². The molecule has 0 aliphatic heterocycles. The molecule has 136 valence electrons. The van der Waals surface area contributed by atoms with Gasteiger partial charge in [-0.1, -0.05) is 18.2 Å². The number of alkyl halides is 3. The Kier molecular flexibility index (Phi) is 6.02. The summed E-state index contributed by atoms with van der Waals surface area (Å²) >= 11 is 0. The largest absolute Gasteiger partial charge is 0.467 e. The topological polar surface area (TPSA) is 80.4 Å². The number of hydrogen-bond donors (Lipinski definition) is 2. The number of nitrogens with one attached hydrogen (secondary N) is 2. The molecule has 0 fully saturated rings. The minimum atomic E-state index is -4.52. The van der Waals surface area contributed by atoms with Crippen LogP contribution in [0.4, 0.5) is 13.2 Å². The van der Waals surface area contributed by atoms with Crippen LogP contribution in [-0.2, 0) is 25.5 Å². The Morgan fingerprint density at radius 3 is 2.68 bits per heavy atom. The van der Waals surface area contributed by atoms with Crippen LogP contribution < -0.4 is 5.32 Å². The quantitative estimate of drug-likeness (QED) is 0.742. The Morgan fingerprint density at radius 2 is 2.00 bits per heavy atom. The fourth-order valence-electron chi connectivity index (χ4n) is 2.35. The van der Waals surface area contributed by atoms with Gasteiger partial charge in [-0.05, 0) is 11.6 Å². The molecule has 9 heteroatoms. The molecule has 1 aromatic carbocycles. The van der Waals surface area contributed by atoms with Crippen molar-refractivity contribution in [1.82, 2.24) is 10.3 Å². The highest BCUT2D eigenvalue weighted by Gasteiger charge is 2.28. The highest BCUT2D eigenvalue weighted by Crippen LogP contribution is 2.19. The minimum Gasteiger partial charge on any atom is -0.467 e. The summed E-state index contributed by atoms with van der Waals surface area (Å²) in [5, 5.41) is 3.21. The number of fused-ring (bicyclic) bond motifs is 1. The number of hydrogen-bond acceptors (Lipinski definition) is 4. The van der Waals surface area contributed by atoms with E-state index >= 15 is 0 Å². The minimum absolute atomic E-state index is 0.127. The van der Waals surface area contributed by atoms with E-state index < -0.39 is 37.3 Å². The van der Waals surface area contributed by atoms with Gasteiger partial charge in [0.15, 0.2) is 0 Å². The first kappa shape index (κ1) is 18.8. The predicted octanol–water partition coefficient (Wildman–Crippen LogP) is 1.95. The summed E-state index contributed by atoms with van der Waals surface area (Å²) < 4.78 is 45.0. The fraction of sp³-hybridized carbons (Fsp3) is 0.375. The Labute approximate surface area is 141 Å². The molecule has 0 saturated heterocycles. The van der Waals surface area contributed by atoms with Crippen LogP contribution in [0, 0.1) is 0 Å². The molecular weight excluding hydrogens is 341 g/mol. The third kappa shape index (κ3) is 5.49. The van der Waals surface area contributed by atoms with Crippen molar-refractivity contribution in [2.45, 2.75) is 18.6 Å². The molecular formula is C16H17F3N2O4. The molecule has 2 N–H and O–H groups in total. The van der Waals surface area contributed by atoms with Crippen LogP contribution in [0.15, 0.2) is 30.5 Å². The van der Waals surface area contributed by atoms with Crippen molar-refractivity contribution >= 4 is 22.8 Å². The molecule has 0 unspecified atom stereocenters. The van der Waals surface area contributed by atoms with Gasteiger partial charge in [-0.25, -0.2) is 4.79 Å². The average Bonchev–Trinajstić information content (AvgIpc) is 2.95. The predicted molar refractivity (Wildman–Crippen MR) is 82.8 cm³/mol. The summed E-state index contributed by atoms with van der Waals surface area (Å²) in [4.78, 5) is 26.6. The number of benzene rings is 1. The maximum absolute atomic E-state index is 12.0. The number of carbonyl (C=O) groups is 2. The van der Waals surface area contributed by atoms with Crippen LogP contribution in [0.1, 0.15) is 5.56 Å². The highest BCUT2D eigenvalue weighted by molar-refractivity contribution is 5.87. The first-order chi connectivity index (χ1) is 11.8. The number of H-pyrrole nitrogens is 1. The fourth-order valence-corrected chi connectivity index (χ4v) is 2.35. The van der Waals surface area contributed by atoms with E-state index in [1.807, 2.05) is 24.3 Å². The molecule has 25 heavy (non-hydrogen) atoms. The van der Waals surface area contributed by atoms with Crippen LogP contribution in [0.5, 0.6) is 0 Å². The van der Waals surface area contributed by atoms with E-state index in [0.29, 0.717) is 0 Å². The zero-order valence-corrected chi connectivity index (χ0v) is 13.4. The zero-order valence-electron chi connectivity index (χ0n) is 13.4. The van der Waals surface area contributed by atoms with Gasteiger partial charge in [0, 0.05) is 23.5 Å². The van der Waals surface area contributed by atoms with Gasteiger partial charge in [0.1, 0.15) is 19.3 Å². The first-order valence-electron chi connectivity index (χ1n) is 7.37. The monoisotopic (exact) mass is 358 g/mol. The zero-order chi connectivity index (χ0) is 18.4. The van der Waals surface area contributed by atoms with E-state index in [1.165, 1.54) is 0 Å². The van der Waals surface area contributed by atoms with E-state index in [9.17, 15) is 22.8 Å².